The zero-order chi connectivity index (χ0) is 51.0. The van der Waals surface area contributed by atoms with Crippen molar-refractivity contribution >= 4 is 70.6 Å². The lowest BCUT2D eigenvalue weighted by Crippen LogP contribution is -2.58. The smallest absolute Gasteiger partial charge is 0.303 e. The molecule has 0 spiro atoms. The number of ketones is 3. The van der Waals surface area contributed by atoms with E-state index in [0.29, 0.717) is 12.0 Å². The molecule has 1 aromatic carbocycles. The van der Waals surface area contributed by atoms with Gasteiger partial charge in [-0.3, -0.25) is 57.5 Å². The van der Waals surface area contributed by atoms with Gasteiger partial charge in [0.15, 0.2) is 17.3 Å². The van der Waals surface area contributed by atoms with Crippen LogP contribution in [0.15, 0.2) is 24.3 Å². The number of Topliss-reactive ketones (excluding diaryl/α,β-unsaturated/α-hetero) is 3. The minimum absolute atomic E-state index is 0.0426. The first kappa shape index (κ1) is 58.2. The molecule has 1 aromatic rings. The Kier molecular flexibility index (Phi) is 25.8. The fraction of sp³-hybridized carbons (Fsp3) is 0.591. The molecule has 15 N–H and O–H groups in total. The molecule has 0 aromatic heterocycles. The second-order valence-corrected chi connectivity index (χ2v) is 16.8. The van der Waals surface area contributed by atoms with Gasteiger partial charge >= 0.3 is 5.97 Å². The van der Waals surface area contributed by atoms with Gasteiger partial charge in [-0.25, -0.2) is 0 Å². The first-order chi connectivity index (χ1) is 31.4. The van der Waals surface area contributed by atoms with Gasteiger partial charge in [-0.15, -0.1) is 0 Å². The van der Waals surface area contributed by atoms with Crippen LogP contribution in [-0.4, -0.2) is 118 Å². The predicted octanol–water partition coefficient (Wildman–Crippen LogP) is -1.83. The van der Waals surface area contributed by atoms with E-state index >= 15 is 0 Å². The third-order valence-corrected chi connectivity index (χ3v) is 10.7. The number of nitrogens with one attached hydrogen (secondary N) is 5. The van der Waals surface area contributed by atoms with Crippen molar-refractivity contribution in [2.75, 3.05) is 6.54 Å². The number of carbonyl (C=O) groups excluding carboxylic acids is 11. The van der Waals surface area contributed by atoms with Crippen molar-refractivity contribution in [1.82, 2.24) is 26.6 Å². The van der Waals surface area contributed by atoms with E-state index in [9.17, 15) is 67.7 Å². The molecule has 0 saturated heterocycles. The van der Waals surface area contributed by atoms with Gasteiger partial charge in [0.05, 0.1) is 30.6 Å². The number of carboxylic acids is 1. The Balaban J connectivity index is 3.35. The zero-order valence-electron chi connectivity index (χ0n) is 38.4. The molecule has 67 heavy (non-hydrogen) atoms. The maximum Gasteiger partial charge on any atom is 0.303 e. The molecule has 0 heterocycles. The van der Waals surface area contributed by atoms with Crippen LogP contribution in [0, 0.1) is 17.8 Å². The number of aliphatic carboxylic acids is 1. The average Bonchev–Trinajstić information content (AvgIpc) is 3.25. The fourth-order valence-corrected chi connectivity index (χ4v) is 6.74. The molecule has 0 aliphatic rings. The topological polar surface area (TPSA) is 410 Å². The highest BCUT2D eigenvalue weighted by Gasteiger charge is 2.35. The second kappa shape index (κ2) is 29.7. The average molecular weight is 946 g/mol. The van der Waals surface area contributed by atoms with E-state index < -0.39 is 171 Å². The highest BCUT2D eigenvalue weighted by molar-refractivity contribution is 5.99. The molecule has 7 atom stereocenters. The van der Waals surface area contributed by atoms with Gasteiger partial charge in [-0.2, -0.15) is 0 Å². The maximum absolute atomic E-state index is 14.0. The Morgan fingerprint density at radius 1 is 0.567 bits per heavy atom. The first-order valence-corrected chi connectivity index (χ1v) is 22.0. The standard InChI is InChI=1S/C44H67N9O14/c1-5-24(4)41(53-43(66)31(50-39(62)22-45)19-25-6-8-27(54)9-7-25)44(67)52-29(10-14-35(46)58)34(57)20-26(21-37(48)60)42(65)51-28(11-17-40(63)64)32(55)13-16-38(61)49-30(18-23(2)3)33(56)12-15-36(47)59/h6-9,23-24,26,28-31,41,54H,5,10-22,45H2,1-4H3,(H2,46,58)(H2,47,59)(H2,48,60)(H,49,61)(H,50,62)(H,51,65)(H,52,67)(H,53,66)(H,63,64)/t24-,26-,28-,29-,30-,31-,41-/m0/s1. The SMILES string of the molecule is CC[C@H](C)[C@H](NC(=O)[C@H](Cc1ccc(O)cc1)NC(=O)CN)C(=O)N[C@@H](CCC(N)=O)C(=O)C[C@@H](CC(N)=O)C(=O)N[C@@H](CCC(=O)O)C(=O)CCC(=O)N[C@@H](CC(C)C)C(=O)CCC(N)=O. The molecule has 8 amide bonds. The molecule has 0 unspecified atom stereocenters. The summed E-state index contributed by atoms with van der Waals surface area (Å²) in [5.41, 5.74) is 21.9. The number of benzene rings is 1. The van der Waals surface area contributed by atoms with Crippen molar-refractivity contribution in [3.05, 3.63) is 29.8 Å². The summed E-state index contributed by atoms with van der Waals surface area (Å²) in [6, 6.07) is -0.858. The van der Waals surface area contributed by atoms with Gasteiger partial charge in [0, 0.05) is 57.8 Å². The summed E-state index contributed by atoms with van der Waals surface area (Å²) in [7, 11) is 0. The molecule has 23 nitrogen and oxygen atoms in total. The molecule has 1 rings (SSSR count). The molecule has 0 bridgehead atoms. The Hall–Kier alpha value is -6.78. The summed E-state index contributed by atoms with van der Waals surface area (Å²) in [5, 5.41) is 31.6. The number of rotatable bonds is 34. The fourth-order valence-electron chi connectivity index (χ4n) is 6.74. The largest absolute Gasteiger partial charge is 0.508 e. The molecule has 0 aliphatic heterocycles. The van der Waals surface area contributed by atoms with E-state index in [4.69, 9.17) is 22.9 Å². The summed E-state index contributed by atoms with van der Waals surface area (Å²) >= 11 is 0. The van der Waals surface area contributed by atoms with Crippen molar-refractivity contribution < 1.29 is 67.7 Å². The van der Waals surface area contributed by atoms with Crippen molar-refractivity contribution in [1.29, 1.82) is 0 Å². The van der Waals surface area contributed by atoms with E-state index in [1.165, 1.54) is 24.3 Å². The van der Waals surface area contributed by atoms with Gasteiger partial charge in [0.2, 0.25) is 47.3 Å². The third-order valence-electron chi connectivity index (χ3n) is 10.7. The molecular formula is C44H67N9O14. The monoisotopic (exact) mass is 945 g/mol. The van der Waals surface area contributed by atoms with Gasteiger partial charge in [0.1, 0.15) is 17.8 Å². The number of phenolic OH excluding ortho intramolecular Hbond substituents is 1. The minimum Gasteiger partial charge on any atom is -0.508 e. The lowest BCUT2D eigenvalue weighted by atomic mass is 9.91. The van der Waals surface area contributed by atoms with E-state index in [0.717, 1.165) is 0 Å². The predicted molar refractivity (Wildman–Crippen MR) is 239 cm³/mol. The van der Waals surface area contributed by atoms with Crippen LogP contribution < -0.4 is 49.5 Å². The maximum atomic E-state index is 14.0. The van der Waals surface area contributed by atoms with Crippen molar-refractivity contribution in [3.8, 4) is 5.75 Å². The van der Waals surface area contributed by atoms with Crippen LogP contribution in [0.1, 0.15) is 110 Å². The van der Waals surface area contributed by atoms with Gasteiger partial charge in [-0.05, 0) is 48.8 Å². The number of carbonyl (C=O) groups is 12. The van der Waals surface area contributed by atoms with Crippen LogP contribution >= 0.6 is 0 Å². The summed E-state index contributed by atoms with van der Waals surface area (Å²) in [6.07, 6.45) is -4.51. The van der Waals surface area contributed by atoms with E-state index in [2.05, 4.69) is 26.6 Å². The van der Waals surface area contributed by atoms with Crippen LogP contribution in [0.4, 0.5) is 0 Å². The second-order valence-electron chi connectivity index (χ2n) is 16.8. The number of hydrogen-bond donors (Lipinski definition) is 11. The number of aromatic hydroxyl groups is 1. The summed E-state index contributed by atoms with van der Waals surface area (Å²) < 4.78 is 0. The van der Waals surface area contributed by atoms with Crippen LogP contribution in [-0.2, 0) is 64.0 Å². The molecule has 23 heteroatoms. The summed E-state index contributed by atoms with van der Waals surface area (Å²) in [4.78, 5) is 153. The summed E-state index contributed by atoms with van der Waals surface area (Å²) in [6.45, 7) is 6.48. The van der Waals surface area contributed by atoms with Crippen LogP contribution in [0.5, 0.6) is 5.75 Å². The lowest BCUT2D eigenvalue weighted by Gasteiger charge is -2.29. The van der Waals surface area contributed by atoms with Crippen molar-refractivity contribution in [3.63, 3.8) is 0 Å². The lowest BCUT2D eigenvalue weighted by molar-refractivity contribution is -0.138. The molecular weight excluding hydrogens is 879 g/mol. The zero-order valence-corrected chi connectivity index (χ0v) is 38.4. The highest BCUT2D eigenvalue weighted by atomic mass is 16.4. The number of amides is 8. The third kappa shape index (κ3) is 23.3. The Morgan fingerprint density at radius 3 is 1.64 bits per heavy atom. The van der Waals surface area contributed by atoms with E-state index in [1.807, 2.05) is 0 Å². The van der Waals surface area contributed by atoms with Gasteiger partial charge in [-0.1, -0.05) is 46.2 Å². The van der Waals surface area contributed by atoms with E-state index in [1.54, 1.807) is 27.7 Å². The van der Waals surface area contributed by atoms with Crippen molar-refractivity contribution in [2.24, 2.45) is 40.7 Å². The van der Waals surface area contributed by atoms with Crippen LogP contribution in [0.3, 0.4) is 0 Å². The summed E-state index contributed by atoms with van der Waals surface area (Å²) in [5.74, 6) is -12.6. The number of phenols is 1. The molecule has 0 saturated carbocycles. The molecule has 0 fully saturated rings. The number of primary amides is 3. The molecule has 0 radical (unpaired) electrons. The van der Waals surface area contributed by atoms with E-state index in [-0.39, 0.29) is 37.4 Å². The number of nitrogens with two attached hydrogens (primary N) is 4. The Bertz CT molecular complexity index is 1940. The van der Waals surface area contributed by atoms with Crippen LogP contribution in [0.25, 0.3) is 0 Å². The normalized spacial score (nSPS) is 14.1. The number of carboxylic acid groups (broad SMARTS) is 1. The Morgan fingerprint density at radius 2 is 1.10 bits per heavy atom. The number of hydrogen-bond acceptors (Lipinski definition) is 14. The Labute approximate surface area is 388 Å². The van der Waals surface area contributed by atoms with Crippen LogP contribution in [0.2, 0.25) is 0 Å². The van der Waals surface area contributed by atoms with Gasteiger partial charge < -0.3 is 59.7 Å². The quantitative estimate of drug-likeness (QED) is 0.0362. The first-order valence-electron chi connectivity index (χ1n) is 22.0. The highest BCUT2D eigenvalue weighted by Crippen LogP contribution is 2.18. The minimum atomic E-state index is -1.60. The van der Waals surface area contributed by atoms with Crippen molar-refractivity contribution in [2.45, 2.75) is 141 Å². The molecule has 372 valence electrons. The van der Waals surface area contributed by atoms with Gasteiger partial charge in [0.25, 0.3) is 0 Å². The molecule has 0 aliphatic carbocycles.